The fourth-order valence-corrected chi connectivity index (χ4v) is 3.11. The van der Waals surface area contributed by atoms with Gasteiger partial charge in [0.1, 0.15) is 5.75 Å². The van der Waals surface area contributed by atoms with Gasteiger partial charge in [0.2, 0.25) is 5.91 Å². The Balaban J connectivity index is 1.92. The summed E-state index contributed by atoms with van der Waals surface area (Å²) in [7, 11) is 1.54. The van der Waals surface area contributed by atoms with Crippen LogP contribution in [0.25, 0.3) is 0 Å². The fraction of sp³-hybridized carbons (Fsp3) is 0.222. The molecule has 0 saturated heterocycles. The van der Waals surface area contributed by atoms with Crippen LogP contribution in [-0.2, 0) is 10.5 Å². The lowest BCUT2D eigenvalue weighted by Gasteiger charge is -2.13. The minimum Gasteiger partial charge on any atom is -0.495 e. The highest BCUT2D eigenvalue weighted by Crippen LogP contribution is 2.28. The van der Waals surface area contributed by atoms with Gasteiger partial charge >= 0.3 is 0 Å². The second-order valence-corrected chi connectivity index (χ2v) is 6.84. The molecule has 1 unspecified atom stereocenters. The molecule has 2 aromatic carbocycles. The Labute approximate surface area is 150 Å². The molecular weight excluding hydrogens is 344 g/mol. The quantitative estimate of drug-likeness (QED) is 0.824. The van der Waals surface area contributed by atoms with Gasteiger partial charge < -0.3 is 10.1 Å². The third-order valence-corrected chi connectivity index (χ3v) is 4.85. The molecule has 2 rings (SSSR count). The molecule has 0 bridgehead atoms. The first kappa shape index (κ1) is 18.2. The zero-order chi connectivity index (χ0) is 17.5. The number of carbonyl (C=O) groups is 1. The molecule has 0 aliphatic rings. The number of nitrogens with one attached hydrogen (secondary N) is 1. The highest BCUT2D eigenvalue weighted by molar-refractivity contribution is 7.99. The van der Waals surface area contributed by atoms with Crippen LogP contribution in [0.1, 0.15) is 18.1 Å². The molecule has 24 heavy (non-hydrogen) atoms. The number of hydrogen-bond donors (Lipinski definition) is 1. The Bertz CT molecular complexity index is 774. The molecule has 0 aliphatic heterocycles. The molecule has 4 nitrogen and oxygen atoms in total. The van der Waals surface area contributed by atoms with Crippen molar-refractivity contribution in [3.8, 4) is 11.8 Å². The third-order valence-electron chi connectivity index (χ3n) is 3.34. The number of nitrogens with zero attached hydrogens (tertiary/aromatic N) is 1. The molecule has 0 aromatic heterocycles. The summed E-state index contributed by atoms with van der Waals surface area (Å²) in [6.45, 7) is 1.85. The zero-order valence-corrected chi connectivity index (χ0v) is 14.9. The first-order valence-electron chi connectivity index (χ1n) is 7.28. The van der Waals surface area contributed by atoms with E-state index in [0.717, 1.165) is 5.56 Å². The SMILES string of the molecule is COc1ccc(NC(=O)C(C)SCc2cccc(C#N)c2)cc1Cl. The van der Waals surface area contributed by atoms with Crippen molar-refractivity contribution >= 4 is 35.0 Å². The lowest BCUT2D eigenvalue weighted by Crippen LogP contribution is -2.22. The number of carbonyl (C=O) groups excluding carboxylic acids is 1. The maximum Gasteiger partial charge on any atom is 0.237 e. The molecule has 0 radical (unpaired) electrons. The van der Waals surface area contributed by atoms with Crippen molar-refractivity contribution in [2.45, 2.75) is 17.9 Å². The summed E-state index contributed by atoms with van der Waals surface area (Å²) in [5.41, 5.74) is 2.27. The van der Waals surface area contributed by atoms with E-state index in [4.69, 9.17) is 21.6 Å². The van der Waals surface area contributed by atoms with E-state index < -0.39 is 0 Å². The van der Waals surface area contributed by atoms with Crippen molar-refractivity contribution in [1.29, 1.82) is 5.26 Å². The van der Waals surface area contributed by atoms with Crippen LogP contribution in [-0.4, -0.2) is 18.3 Å². The van der Waals surface area contributed by atoms with Crippen LogP contribution in [0.5, 0.6) is 5.75 Å². The summed E-state index contributed by atoms with van der Waals surface area (Å²) in [6, 6.07) is 14.6. The van der Waals surface area contributed by atoms with Crippen LogP contribution < -0.4 is 10.1 Å². The number of anilines is 1. The number of amides is 1. The number of benzene rings is 2. The van der Waals surface area contributed by atoms with Crippen LogP contribution in [0.4, 0.5) is 5.69 Å². The standard InChI is InChI=1S/C18H17ClN2O2S/c1-12(24-11-14-5-3-4-13(8-14)10-20)18(22)21-15-6-7-17(23-2)16(19)9-15/h3-9,12H,11H2,1-2H3,(H,21,22). The number of nitriles is 1. The predicted molar refractivity (Wildman–Crippen MR) is 98.5 cm³/mol. The molecule has 0 spiro atoms. The summed E-state index contributed by atoms with van der Waals surface area (Å²) < 4.78 is 5.09. The molecule has 0 saturated carbocycles. The summed E-state index contributed by atoms with van der Waals surface area (Å²) >= 11 is 7.56. The molecule has 1 amide bonds. The number of thioether (sulfide) groups is 1. The van der Waals surface area contributed by atoms with Crippen LogP contribution >= 0.6 is 23.4 Å². The van der Waals surface area contributed by atoms with Gasteiger partial charge in [-0.15, -0.1) is 11.8 Å². The maximum atomic E-state index is 12.3. The topological polar surface area (TPSA) is 62.1 Å². The lowest BCUT2D eigenvalue weighted by atomic mass is 10.2. The van der Waals surface area contributed by atoms with E-state index in [9.17, 15) is 4.79 Å². The highest BCUT2D eigenvalue weighted by atomic mass is 35.5. The second kappa shape index (κ2) is 8.62. The highest BCUT2D eigenvalue weighted by Gasteiger charge is 2.14. The van der Waals surface area contributed by atoms with E-state index >= 15 is 0 Å². The van der Waals surface area contributed by atoms with Crippen molar-refractivity contribution < 1.29 is 9.53 Å². The normalized spacial score (nSPS) is 11.4. The first-order chi connectivity index (χ1) is 11.5. The molecule has 1 atom stereocenters. The van der Waals surface area contributed by atoms with Gasteiger partial charge in [0, 0.05) is 11.4 Å². The van der Waals surface area contributed by atoms with Gasteiger partial charge in [-0.25, -0.2) is 0 Å². The number of hydrogen-bond acceptors (Lipinski definition) is 4. The molecule has 124 valence electrons. The summed E-state index contributed by atoms with van der Waals surface area (Å²) in [4.78, 5) is 12.3. The Hall–Kier alpha value is -2.16. The molecule has 0 fully saturated rings. The van der Waals surface area contributed by atoms with E-state index in [1.54, 1.807) is 31.4 Å². The van der Waals surface area contributed by atoms with Gasteiger partial charge in [0.25, 0.3) is 0 Å². The third kappa shape index (κ3) is 4.92. The molecule has 2 aromatic rings. The van der Waals surface area contributed by atoms with Gasteiger partial charge in [0.15, 0.2) is 0 Å². The monoisotopic (exact) mass is 360 g/mol. The number of methoxy groups -OCH3 is 1. The molecule has 0 heterocycles. The largest absolute Gasteiger partial charge is 0.495 e. The maximum absolute atomic E-state index is 12.3. The minimum atomic E-state index is -0.239. The van der Waals surface area contributed by atoms with Crippen LogP contribution in [0.3, 0.4) is 0 Å². The molecule has 1 N–H and O–H groups in total. The zero-order valence-electron chi connectivity index (χ0n) is 13.4. The molecule has 0 aliphatic carbocycles. The number of ether oxygens (including phenoxy) is 1. The summed E-state index contributed by atoms with van der Waals surface area (Å²) in [5.74, 6) is 1.13. The van der Waals surface area contributed by atoms with Gasteiger partial charge in [-0.05, 0) is 42.8 Å². The first-order valence-corrected chi connectivity index (χ1v) is 8.71. The van der Waals surface area contributed by atoms with Crippen molar-refractivity contribution in [3.63, 3.8) is 0 Å². The average molecular weight is 361 g/mol. The number of halogens is 1. The van der Waals surface area contributed by atoms with Crippen molar-refractivity contribution in [1.82, 2.24) is 0 Å². The van der Waals surface area contributed by atoms with Gasteiger partial charge in [-0.3, -0.25) is 4.79 Å². The van der Waals surface area contributed by atoms with E-state index in [1.807, 2.05) is 25.1 Å². The Kier molecular flexibility index (Phi) is 6.53. The Morgan fingerprint density at radius 2 is 2.17 bits per heavy atom. The van der Waals surface area contributed by atoms with Crippen LogP contribution in [0.15, 0.2) is 42.5 Å². The predicted octanol–water partition coefficient (Wildman–Crippen LogP) is 4.48. The van der Waals surface area contributed by atoms with E-state index in [-0.39, 0.29) is 11.2 Å². The molecular formula is C18H17ClN2O2S. The minimum absolute atomic E-state index is 0.0994. The summed E-state index contributed by atoms with van der Waals surface area (Å²) in [5, 5.41) is 12.0. The van der Waals surface area contributed by atoms with E-state index in [0.29, 0.717) is 27.8 Å². The van der Waals surface area contributed by atoms with Crippen molar-refractivity contribution in [2.75, 3.05) is 12.4 Å². The fourth-order valence-electron chi connectivity index (χ4n) is 2.02. The Morgan fingerprint density at radius 1 is 1.38 bits per heavy atom. The van der Waals surface area contributed by atoms with E-state index in [1.165, 1.54) is 11.8 Å². The smallest absolute Gasteiger partial charge is 0.237 e. The van der Waals surface area contributed by atoms with Gasteiger partial charge in [-0.1, -0.05) is 23.7 Å². The average Bonchev–Trinajstić information content (AvgIpc) is 2.60. The molecule has 6 heteroatoms. The van der Waals surface area contributed by atoms with Crippen LogP contribution in [0, 0.1) is 11.3 Å². The summed E-state index contributed by atoms with van der Waals surface area (Å²) in [6.07, 6.45) is 0. The lowest BCUT2D eigenvalue weighted by molar-refractivity contribution is -0.115. The van der Waals surface area contributed by atoms with Gasteiger partial charge in [-0.2, -0.15) is 5.26 Å². The van der Waals surface area contributed by atoms with E-state index in [2.05, 4.69) is 11.4 Å². The van der Waals surface area contributed by atoms with Crippen molar-refractivity contribution in [3.05, 3.63) is 58.6 Å². The van der Waals surface area contributed by atoms with Crippen molar-refractivity contribution in [2.24, 2.45) is 0 Å². The number of rotatable bonds is 6. The Morgan fingerprint density at radius 3 is 2.83 bits per heavy atom. The van der Waals surface area contributed by atoms with Gasteiger partial charge in [0.05, 0.1) is 29.0 Å². The van der Waals surface area contributed by atoms with Crippen LogP contribution in [0.2, 0.25) is 5.02 Å². The second-order valence-electron chi connectivity index (χ2n) is 5.10.